The van der Waals surface area contributed by atoms with Gasteiger partial charge in [0.1, 0.15) is 0 Å². The highest BCUT2D eigenvalue weighted by atomic mass is 16.5. The van der Waals surface area contributed by atoms with Crippen LogP contribution in [0.2, 0.25) is 0 Å². The lowest BCUT2D eigenvalue weighted by Gasteiger charge is -2.44. The van der Waals surface area contributed by atoms with Gasteiger partial charge in [0.15, 0.2) is 0 Å². The lowest BCUT2D eigenvalue weighted by atomic mass is 9.85. The van der Waals surface area contributed by atoms with Crippen molar-refractivity contribution in [1.82, 2.24) is 10.2 Å². The molecule has 3 fully saturated rings. The Hall–Kier alpha value is -0.200. The van der Waals surface area contributed by atoms with Crippen LogP contribution >= 0.6 is 0 Å². The first-order valence-corrected chi connectivity index (χ1v) is 8.05. The van der Waals surface area contributed by atoms with E-state index in [9.17, 15) is 0 Å². The van der Waals surface area contributed by atoms with E-state index >= 15 is 0 Å². The Morgan fingerprint density at radius 2 is 2.30 bits per heavy atom. The van der Waals surface area contributed by atoms with E-state index in [1.807, 2.05) is 6.92 Å². The Kier molecular flexibility index (Phi) is 4.94. The molecule has 5 heteroatoms. The summed E-state index contributed by atoms with van der Waals surface area (Å²) in [6, 6.07) is 1.10. The van der Waals surface area contributed by atoms with Crippen LogP contribution < -0.4 is 5.32 Å². The number of ether oxygens (including phenoxy) is 3. The quantitative estimate of drug-likeness (QED) is 0.775. The molecule has 0 aromatic rings. The van der Waals surface area contributed by atoms with Crippen molar-refractivity contribution in [3.8, 4) is 0 Å². The molecule has 2 aliphatic heterocycles. The van der Waals surface area contributed by atoms with Crippen LogP contribution in [-0.4, -0.2) is 75.3 Å². The molecule has 5 atom stereocenters. The topological polar surface area (TPSA) is 43.0 Å². The zero-order valence-corrected chi connectivity index (χ0v) is 12.7. The van der Waals surface area contributed by atoms with Crippen molar-refractivity contribution in [3.05, 3.63) is 0 Å². The molecule has 0 radical (unpaired) electrons. The van der Waals surface area contributed by atoms with Gasteiger partial charge in [0.05, 0.1) is 24.9 Å². The van der Waals surface area contributed by atoms with Crippen LogP contribution in [0.5, 0.6) is 0 Å². The largest absolute Gasteiger partial charge is 0.377 e. The van der Waals surface area contributed by atoms with E-state index in [0.717, 1.165) is 32.7 Å². The molecule has 0 aromatic heterocycles. The van der Waals surface area contributed by atoms with Gasteiger partial charge in [0, 0.05) is 38.9 Å². The molecule has 116 valence electrons. The van der Waals surface area contributed by atoms with Crippen LogP contribution in [0.4, 0.5) is 0 Å². The molecule has 0 spiro atoms. The Balaban J connectivity index is 1.39. The molecule has 1 saturated carbocycles. The summed E-state index contributed by atoms with van der Waals surface area (Å²) in [6.07, 6.45) is 4.47. The number of fused-ring (bicyclic) bond motifs is 1. The molecule has 2 saturated heterocycles. The lowest BCUT2D eigenvalue weighted by molar-refractivity contribution is -0.134. The van der Waals surface area contributed by atoms with Crippen LogP contribution in [0.3, 0.4) is 0 Å². The molecular weight excluding hydrogens is 256 g/mol. The second kappa shape index (κ2) is 6.71. The fraction of sp³-hybridized carbons (Fsp3) is 1.00. The van der Waals surface area contributed by atoms with Crippen LogP contribution in [-0.2, 0) is 14.2 Å². The fourth-order valence-electron chi connectivity index (χ4n) is 3.77. The molecule has 1 aliphatic carbocycles. The highest BCUT2D eigenvalue weighted by Gasteiger charge is 2.42. The Morgan fingerprint density at radius 1 is 1.40 bits per heavy atom. The second-order valence-electron chi connectivity index (χ2n) is 6.19. The maximum Gasteiger partial charge on any atom is 0.0986 e. The smallest absolute Gasteiger partial charge is 0.0986 e. The molecule has 0 bridgehead atoms. The first-order valence-electron chi connectivity index (χ1n) is 8.05. The molecule has 5 unspecified atom stereocenters. The van der Waals surface area contributed by atoms with E-state index in [0.29, 0.717) is 18.2 Å². The van der Waals surface area contributed by atoms with Crippen LogP contribution in [0.25, 0.3) is 0 Å². The van der Waals surface area contributed by atoms with E-state index < -0.39 is 0 Å². The molecule has 20 heavy (non-hydrogen) atoms. The van der Waals surface area contributed by atoms with E-state index in [1.54, 1.807) is 7.11 Å². The predicted molar refractivity (Wildman–Crippen MR) is 77.0 cm³/mol. The summed E-state index contributed by atoms with van der Waals surface area (Å²) < 4.78 is 17.2. The van der Waals surface area contributed by atoms with Gasteiger partial charge in [-0.3, -0.25) is 4.90 Å². The summed E-state index contributed by atoms with van der Waals surface area (Å²) in [7, 11) is 1.77. The average Bonchev–Trinajstić information content (AvgIpc) is 2.89. The van der Waals surface area contributed by atoms with Crippen molar-refractivity contribution < 1.29 is 14.2 Å². The van der Waals surface area contributed by atoms with Gasteiger partial charge in [-0.25, -0.2) is 0 Å². The monoisotopic (exact) mass is 284 g/mol. The van der Waals surface area contributed by atoms with E-state index in [-0.39, 0.29) is 12.2 Å². The summed E-state index contributed by atoms with van der Waals surface area (Å²) in [6.45, 7) is 6.96. The molecule has 0 aromatic carbocycles. The van der Waals surface area contributed by atoms with Crippen LogP contribution in [0, 0.1) is 0 Å². The lowest BCUT2D eigenvalue weighted by Crippen LogP contribution is -2.61. The van der Waals surface area contributed by atoms with Crippen molar-refractivity contribution >= 4 is 0 Å². The fourth-order valence-corrected chi connectivity index (χ4v) is 3.77. The van der Waals surface area contributed by atoms with Gasteiger partial charge >= 0.3 is 0 Å². The molecule has 0 amide bonds. The highest BCUT2D eigenvalue weighted by molar-refractivity contribution is 4.98. The predicted octanol–water partition coefficient (Wildman–Crippen LogP) is 0.632. The zero-order valence-electron chi connectivity index (χ0n) is 12.7. The SMILES string of the molecule is CCOC1CC(NCC2CN3CCCC3CO2)C1OC. The van der Waals surface area contributed by atoms with Gasteiger partial charge in [-0.05, 0) is 32.7 Å². The number of hydrogen-bond acceptors (Lipinski definition) is 5. The molecule has 3 aliphatic rings. The number of nitrogens with zero attached hydrogens (tertiary/aromatic N) is 1. The molecule has 5 nitrogen and oxygen atoms in total. The zero-order chi connectivity index (χ0) is 13.9. The van der Waals surface area contributed by atoms with Crippen molar-refractivity contribution in [2.45, 2.75) is 56.6 Å². The Labute approximate surface area is 121 Å². The van der Waals surface area contributed by atoms with E-state index in [2.05, 4.69) is 10.2 Å². The summed E-state index contributed by atoms with van der Waals surface area (Å²) in [5, 5.41) is 3.60. The first-order chi connectivity index (χ1) is 9.81. The summed E-state index contributed by atoms with van der Waals surface area (Å²) in [4.78, 5) is 2.59. The Bertz CT molecular complexity index is 315. The maximum absolute atomic E-state index is 5.98. The van der Waals surface area contributed by atoms with Crippen LogP contribution in [0.1, 0.15) is 26.2 Å². The molecule has 2 heterocycles. The minimum Gasteiger partial charge on any atom is -0.377 e. The third-order valence-electron chi connectivity index (χ3n) is 4.97. The normalized spacial score (nSPS) is 41.4. The third kappa shape index (κ3) is 3.02. The molecular formula is C15H28N2O3. The second-order valence-corrected chi connectivity index (χ2v) is 6.19. The maximum atomic E-state index is 5.98. The van der Waals surface area contributed by atoms with E-state index in [4.69, 9.17) is 14.2 Å². The third-order valence-corrected chi connectivity index (χ3v) is 4.97. The van der Waals surface area contributed by atoms with Gasteiger partial charge < -0.3 is 19.5 Å². The minimum absolute atomic E-state index is 0.193. The first kappa shape index (κ1) is 14.7. The summed E-state index contributed by atoms with van der Waals surface area (Å²) >= 11 is 0. The van der Waals surface area contributed by atoms with Crippen molar-refractivity contribution in [3.63, 3.8) is 0 Å². The van der Waals surface area contributed by atoms with Gasteiger partial charge in [-0.2, -0.15) is 0 Å². The minimum atomic E-state index is 0.193. The van der Waals surface area contributed by atoms with E-state index in [1.165, 1.54) is 19.4 Å². The number of morpholine rings is 1. The number of rotatable bonds is 6. The van der Waals surface area contributed by atoms with Crippen molar-refractivity contribution in [2.24, 2.45) is 0 Å². The van der Waals surface area contributed by atoms with Gasteiger partial charge in [-0.15, -0.1) is 0 Å². The summed E-state index contributed by atoms with van der Waals surface area (Å²) in [5.74, 6) is 0. The summed E-state index contributed by atoms with van der Waals surface area (Å²) in [5.41, 5.74) is 0. The molecule has 3 rings (SSSR count). The van der Waals surface area contributed by atoms with Gasteiger partial charge in [-0.1, -0.05) is 0 Å². The number of hydrogen-bond donors (Lipinski definition) is 1. The van der Waals surface area contributed by atoms with Gasteiger partial charge in [0.2, 0.25) is 0 Å². The number of methoxy groups -OCH3 is 1. The highest BCUT2D eigenvalue weighted by Crippen LogP contribution is 2.27. The number of nitrogens with one attached hydrogen (secondary N) is 1. The van der Waals surface area contributed by atoms with Gasteiger partial charge in [0.25, 0.3) is 0 Å². The van der Waals surface area contributed by atoms with Crippen LogP contribution in [0.15, 0.2) is 0 Å². The van der Waals surface area contributed by atoms with Crippen molar-refractivity contribution in [1.29, 1.82) is 0 Å². The Morgan fingerprint density at radius 3 is 3.10 bits per heavy atom. The standard InChI is InChI=1S/C15H28N2O3/c1-3-19-14-7-13(15(14)18-2)16-8-12-9-17-6-4-5-11(17)10-20-12/h11-16H,3-10H2,1-2H3. The average molecular weight is 284 g/mol. The molecule has 1 N–H and O–H groups in total. The van der Waals surface area contributed by atoms with Crippen molar-refractivity contribution in [2.75, 3.05) is 40.0 Å².